The third-order valence-corrected chi connectivity index (χ3v) is 18.3. The van der Waals surface area contributed by atoms with E-state index >= 15 is 0 Å². The first-order valence-corrected chi connectivity index (χ1v) is 28.2. The molecule has 3 aromatic carbocycles. The topological polar surface area (TPSA) is 282 Å². The van der Waals surface area contributed by atoms with Gasteiger partial charge in [-0.25, -0.2) is 29.9 Å². The van der Waals surface area contributed by atoms with Crippen molar-refractivity contribution < 1.29 is 0 Å². The summed E-state index contributed by atoms with van der Waals surface area (Å²) in [5.41, 5.74) is 42.4. The molecule has 0 spiro atoms. The summed E-state index contributed by atoms with van der Waals surface area (Å²) in [5.74, 6) is 4.45. The fourth-order valence-corrected chi connectivity index (χ4v) is 12.0. The fourth-order valence-electron chi connectivity index (χ4n) is 10.9. The molecule has 80 heavy (non-hydrogen) atoms. The molecule has 12 rings (SSSR count). The molecule has 2 unspecified atom stereocenters. The Kier molecular flexibility index (Phi) is 17.3. The average molecular weight is 1200 g/mol. The number of nitrogen functional groups attached to an aromatic ring is 3. The van der Waals surface area contributed by atoms with Crippen molar-refractivity contribution in [2.45, 2.75) is 42.6 Å². The van der Waals surface area contributed by atoms with Crippen LogP contribution in [0.4, 0.5) is 34.9 Å². The van der Waals surface area contributed by atoms with Crippen LogP contribution in [0.5, 0.6) is 0 Å². The molecule has 2 atom stereocenters. The number of nitrogens with zero attached hydrogens (tertiary/aromatic N) is 12. The lowest BCUT2D eigenvalue weighted by Gasteiger charge is -2.42. The summed E-state index contributed by atoms with van der Waals surface area (Å²) in [7, 11) is 0. The molecule has 0 radical (unpaired) electrons. The Hall–Kier alpha value is -6.45. The first-order chi connectivity index (χ1) is 38.6. The summed E-state index contributed by atoms with van der Waals surface area (Å²) in [6.45, 7) is 6.19. The number of hydrogen-bond donors (Lipinski definition) is 6. The highest BCUT2D eigenvalue weighted by Gasteiger charge is 2.54. The second-order valence-corrected chi connectivity index (χ2v) is 22.6. The first kappa shape index (κ1) is 56.8. The van der Waals surface area contributed by atoms with Crippen molar-refractivity contribution in [3.8, 4) is 33.8 Å². The highest BCUT2D eigenvalue weighted by Crippen LogP contribution is 2.46. The smallest absolute Gasteiger partial charge is 0.152 e. The lowest BCUT2D eigenvalue weighted by molar-refractivity contribution is 0.329. The van der Waals surface area contributed by atoms with Crippen LogP contribution in [0.3, 0.4) is 0 Å². The van der Waals surface area contributed by atoms with Crippen LogP contribution in [-0.4, -0.2) is 103 Å². The lowest BCUT2D eigenvalue weighted by atomic mass is 9.73. The summed E-state index contributed by atoms with van der Waals surface area (Å²) in [4.78, 5) is 46.5. The molecule has 1 saturated carbocycles. The molecule has 5 aromatic heterocycles. The maximum Gasteiger partial charge on any atom is 0.152 e. The van der Waals surface area contributed by atoms with E-state index < -0.39 is 0 Å². The van der Waals surface area contributed by atoms with Gasteiger partial charge in [-0.2, -0.15) is 0 Å². The van der Waals surface area contributed by atoms with Gasteiger partial charge < -0.3 is 49.1 Å². The number of piperidine rings is 3. The predicted molar refractivity (Wildman–Crippen MR) is 323 cm³/mol. The van der Waals surface area contributed by atoms with Crippen molar-refractivity contribution in [2.75, 3.05) is 84.3 Å². The van der Waals surface area contributed by atoms with Gasteiger partial charge in [0.05, 0.1) is 54.4 Å². The number of fused-ring (bicyclic) bond motifs is 1. The van der Waals surface area contributed by atoms with E-state index in [0.29, 0.717) is 112 Å². The minimum atomic E-state index is -0.169. The minimum Gasteiger partial charge on any atom is -0.382 e. The van der Waals surface area contributed by atoms with E-state index in [1.54, 1.807) is 49.2 Å². The highest BCUT2D eigenvalue weighted by atomic mass is 35.5. The summed E-state index contributed by atoms with van der Waals surface area (Å²) in [6.07, 6.45) is 17.6. The molecule has 12 N–H and O–H groups in total. The lowest BCUT2D eigenvalue weighted by Crippen LogP contribution is -2.47. The monoisotopic (exact) mass is 1190 g/mol. The molecule has 0 bridgehead atoms. The van der Waals surface area contributed by atoms with Crippen LogP contribution in [0.1, 0.15) is 36.9 Å². The normalized spacial score (nSPS) is 18.8. The molecule has 414 valence electrons. The van der Waals surface area contributed by atoms with Gasteiger partial charge in [0.25, 0.3) is 0 Å². The third kappa shape index (κ3) is 11.7. The van der Waals surface area contributed by atoms with Gasteiger partial charge in [-0.15, -0.1) is 0 Å². The van der Waals surface area contributed by atoms with Crippen molar-refractivity contribution in [3.05, 3.63) is 158 Å². The first-order valence-electron chi connectivity index (χ1n) is 25.9. The van der Waals surface area contributed by atoms with Crippen LogP contribution in [0.2, 0.25) is 30.1 Å². The zero-order valence-corrected chi connectivity index (χ0v) is 47.8. The molecule has 18 nitrogen and oxygen atoms in total. The van der Waals surface area contributed by atoms with Gasteiger partial charge in [0.15, 0.2) is 17.5 Å². The summed E-state index contributed by atoms with van der Waals surface area (Å²) in [5, 5.41) is 2.65. The van der Waals surface area contributed by atoms with Crippen LogP contribution in [0, 0.1) is 11.8 Å². The van der Waals surface area contributed by atoms with E-state index in [4.69, 9.17) is 104 Å². The van der Waals surface area contributed by atoms with Gasteiger partial charge in [-0.3, -0.25) is 15.0 Å². The summed E-state index contributed by atoms with van der Waals surface area (Å²) in [6, 6.07) is 20.6. The van der Waals surface area contributed by atoms with E-state index in [-0.39, 0.29) is 10.8 Å². The van der Waals surface area contributed by atoms with Crippen LogP contribution < -0.4 is 49.1 Å². The number of aromatic nitrogens is 9. The molecular formula is C56H58Cl6N18. The Balaban J connectivity index is 0.000000136. The van der Waals surface area contributed by atoms with E-state index in [0.717, 1.165) is 88.1 Å². The van der Waals surface area contributed by atoms with Crippen molar-refractivity contribution in [1.29, 1.82) is 0 Å². The van der Waals surface area contributed by atoms with Crippen molar-refractivity contribution in [2.24, 2.45) is 29.0 Å². The zero-order valence-electron chi connectivity index (χ0n) is 43.3. The molecule has 1 aliphatic carbocycles. The fraction of sp³-hybridized carbons (Fsp3) is 0.304. The largest absolute Gasteiger partial charge is 0.382 e. The maximum atomic E-state index is 6.31. The Morgan fingerprint density at radius 1 is 0.463 bits per heavy atom. The van der Waals surface area contributed by atoms with Gasteiger partial charge in [0.2, 0.25) is 0 Å². The minimum absolute atomic E-state index is 0.0351. The second-order valence-electron chi connectivity index (χ2n) is 20.3. The van der Waals surface area contributed by atoms with Crippen molar-refractivity contribution >= 4 is 105 Å². The molecular weight excluding hydrogens is 1140 g/mol. The van der Waals surface area contributed by atoms with Crippen LogP contribution >= 0.6 is 69.6 Å². The number of anilines is 6. The Labute approximate surface area is 493 Å². The molecule has 0 amide bonds. The Morgan fingerprint density at radius 3 is 1.24 bits per heavy atom. The van der Waals surface area contributed by atoms with Gasteiger partial charge >= 0.3 is 0 Å². The Bertz CT molecular complexity index is 3300. The van der Waals surface area contributed by atoms with E-state index in [1.807, 2.05) is 55.0 Å². The van der Waals surface area contributed by atoms with Crippen molar-refractivity contribution in [3.63, 3.8) is 0 Å². The van der Waals surface area contributed by atoms with Crippen molar-refractivity contribution in [1.82, 2.24) is 44.9 Å². The standard InChI is InChI=1S/C21H22Cl2N6.C20H21Cl2N7.C15H15Cl2N5/c22-16-3-1-2-15(18(16)23)19-20(25)28-17(12-27-19)29-10-6-21(13-24,7-11-29)14-4-8-26-9-5-14;21-14-3-1-2-13(17(14)22)18-19(24)28-16(11-27-18)29-8-4-20(12-23,5-9-29)15-10-25-6-7-26-15;16-10-3-1-2-7(12(10)17)14-15(19)21-11(4-20-14)22-5-8-9(6-22)13(8)18/h1-5,8-9,12H,6-7,10-11,13,24H2,(H2,25,28);1-3,6-7,10-11H,4-5,8-9,12,23H2,(H2,24,28);1-4,8-9,13H,5-6,18H2,(H2,19,21). The number of benzene rings is 3. The number of hydrogen-bond acceptors (Lipinski definition) is 18. The number of rotatable bonds is 10. The van der Waals surface area contributed by atoms with Gasteiger partial charge in [0, 0.05) is 117 Å². The predicted octanol–water partition coefficient (Wildman–Crippen LogP) is 9.67. The molecule has 3 aliphatic heterocycles. The molecule has 8 aromatic rings. The molecule has 3 saturated heterocycles. The van der Waals surface area contributed by atoms with Crippen LogP contribution in [0.15, 0.2) is 116 Å². The number of pyridine rings is 1. The van der Waals surface area contributed by atoms with Crippen LogP contribution in [0.25, 0.3) is 33.8 Å². The van der Waals surface area contributed by atoms with E-state index in [9.17, 15) is 0 Å². The molecule has 24 heteroatoms. The summed E-state index contributed by atoms with van der Waals surface area (Å²) >= 11 is 37.1. The highest BCUT2D eigenvalue weighted by molar-refractivity contribution is 6.45. The SMILES string of the molecule is NCC1(c2ccncc2)CCN(c2cnc(-c3cccc(Cl)c3Cl)c(N)n2)CC1.NCC1(c2cnccn2)CCN(c2cnc(-c3cccc(Cl)c3Cl)c(N)n2)CC1.Nc1nc(N2CC3C(N)C3C2)cnc1-c1cccc(Cl)c1Cl. The molecule has 4 aliphatic rings. The molecule has 8 heterocycles. The van der Waals surface area contributed by atoms with Gasteiger partial charge in [0.1, 0.15) is 34.5 Å². The van der Waals surface area contributed by atoms with Gasteiger partial charge in [-0.05, 0) is 73.4 Å². The Morgan fingerprint density at radius 2 is 0.863 bits per heavy atom. The quantitative estimate of drug-likeness (QED) is 0.0743. The van der Waals surface area contributed by atoms with E-state index in [1.165, 1.54) is 5.56 Å². The van der Waals surface area contributed by atoms with E-state index in [2.05, 4.69) is 71.7 Å². The molecule has 4 fully saturated rings. The maximum absolute atomic E-state index is 6.31. The number of nitrogens with two attached hydrogens (primary N) is 6. The zero-order chi connectivity index (χ0) is 56.3. The average Bonchev–Trinajstić information content (AvgIpc) is 3.85. The summed E-state index contributed by atoms with van der Waals surface area (Å²) < 4.78 is 0. The van der Waals surface area contributed by atoms with Crippen LogP contribution in [-0.2, 0) is 10.8 Å². The third-order valence-electron chi connectivity index (χ3n) is 15.8. The second kappa shape index (κ2) is 24.3. The number of halogens is 6. The van der Waals surface area contributed by atoms with Gasteiger partial charge in [-0.1, -0.05) is 106 Å².